The Hall–Kier alpha value is -2.07. The molecule has 1 atom stereocenters. The molecule has 2 aromatic heterocycles. The van der Waals surface area contributed by atoms with E-state index in [1.807, 2.05) is 48.0 Å². The fourth-order valence-electron chi connectivity index (χ4n) is 2.41. The molecule has 0 bridgehead atoms. The van der Waals surface area contributed by atoms with Gasteiger partial charge in [-0.15, -0.1) is 0 Å². The summed E-state index contributed by atoms with van der Waals surface area (Å²) in [6, 6.07) is 10.2. The number of hydrogen-bond donors (Lipinski definition) is 1. The molecular weight excluding hydrogens is 296 g/mol. The van der Waals surface area contributed by atoms with Crippen molar-refractivity contribution < 1.29 is 0 Å². The van der Waals surface area contributed by atoms with Gasteiger partial charge in [-0.2, -0.15) is 9.61 Å². The Bertz CT molecular complexity index is 810. The van der Waals surface area contributed by atoms with Crippen molar-refractivity contribution >= 4 is 23.1 Å². The van der Waals surface area contributed by atoms with E-state index in [1.54, 1.807) is 0 Å². The SMILES string of the molecule is CCC(C)Nc1cc(C)nc2c(-c3ccccc3Cl)cnn12. The van der Waals surface area contributed by atoms with Gasteiger partial charge >= 0.3 is 0 Å². The number of nitrogens with zero attached hydrogens (tertiary/aromatic N) is 3. The van der Waals surface area contributed by atoms with Crippen LogP contribution in [0.5, 0.6) is 0 Å². The van der Waals surface area contributed by atoms with Crippen LogP contribution < -0.4 is 5.32 Å². The summed E-state index contributed by atoms with van der Waals surface area (Å²) < 4.78 is 1.85. The Morgan fingerprint density at radius 1 is 1.27 bits per heavy atom. The molecule has 0 aliphatic carbocycles. The highest BCUT2D eigenvalue weighted by Crippen LogP contribution is 2.31. The average Bonchev–Trinajstić information content (AvgIpc) is 2.91. The van der Waals surface area contributed by atoms with Crippen LogP contribution in [0.15, 0.2) is 36.5 Å². The topological polar surface area (TPSA) is 42.2 Å². The third-order valence-corrected chi connectivity index (χ3v) is 4.10. The molecule has 3 aromatic rings. The number of halogens is 1. The van der Waals surface area contributed by atoms with Crippen molar-refractivity contribution in [3.63, 3.8) is 0 Å². The molecule has 1 unspecified atom stereocenters. The number of anilines is 1. The zero-order valence-electron chi connectivity index (χ0n) is 13.0. The van der Waals surface area contributed by atoms with E-state index < -0.39 is 0 Å². The van der Waals surface area contributed by atoms with Crippen molar-refractivity contribution in [1.82, 2.24) is 14.6 Å². The normalized spacial score (nSPS) is 12.5. The van der Waals surface area contributed by atoms with Crippen molar-refractivity contribution in [3.05, 3.63) is 47.2 Å². The van der Waals surface area contributed by atoms with E-state index in [2.05, 4.69) is 29.2 Å². The second-order valence-electron chi connectivity index (χ2n) is 5.51. The van der Waals surface area contributed by atoms with Crippen LogP contribution in [0.4, 0.5) is 5.82 Å². The van der Waals surface area contributed by atoms with E-state index in [1.165, 1.54) is 0 Å². The Balaban J connectivity index is 2.17. The molecule has 0 aliphatic rings. The van der Waals surface area contributed by atoms with Crippen LogP contribution in [0.3, 0.4) is 0 Å². The minimum absolute atomic E-state index is 0.373. The predicted molar refractivity (Wildman–Crippen MR) is 91.5 cm³/mol. The molecule has 3 rings (SSSR count). The van der Waals surface area contributed by atoms with Crippen LogP contribution in [0, 0.1) is 6.92 Å². The van der Waals surface area contributed by atoms with Crippen LogP contribution in [-0.2, 0) is 0 Å². The molecule has 0 saturated carbocycles. The average molecular weight is 315 g/mol. The molecule has 0 fully saturated rings. The van der Waals surface area contributed by atoms with Gasteiger partial charge in [-0.1, -0.05) is 36.7 Å². The number of aromatic nitrogens is 3. The number of nitrogens with one attached hydrogen (secondary N) is 1. The van der Waals surface area contributed by atoms with Gasteiger partial charge in [0.25, 0.3) is 0 Å². The molecule has 0 amide bonds. The highest BCUT2D eigenvalue weighted by molar-refractivity contribution is 6.33. The standard InChI is InChI=1S/C17H19ClN4/c1-4-11(2)20-16-9-12(3)21-17-14(10-19-22(16)17)13-7-5-6-8-15(13)18/h5-11,20H,4H2,1-3H3. The van der Waals surface area contributed by atoms with Gasteiger partial charge in [-0.25, -0.2) is 4.98 Å². The molecule has 5 heteroatoms. The van der Waals surface area contributed by atoms with E-state index in [9.17, 15) is 0 Å². The number of benzene rings is 1. The van der Waals surface area contributed by atoms with Gasteiger partial charge in [-0.3, -0.25) is 0 Å². The number of fused-ring (bicyclic) bond motifs is 1. The third kappa shape index (κ3) is 2.66. The summed E-state index contributed by atoms with van der Waals surface area (Å²) in [7, 11) is 0. The van der Waals surface area contributed by atoms with Gasteiger partial charge in [0.15, 0.2) is 5.65 Å². The third-order valence-electron chi connectivity index (χ3n) is 3.77. The molecule has 0 radical (unpaired) electrons. The van der Waals surface area contributed by atoms with E-state index in [-0.39, 0.29) is 0 Å². The van der Waals surface area contributed by atoms with Crippen LogP contribution in [0.1, 0.15) is 26.0 Å². The highest BCUT2D eigenvalue weighted by atomic mass is 35.5. The number of aryl methyl sites for hydroxylation is 1. The van der Waals surface area contributed by atoms with Crippen LogP contribution in [0.25, 0.3) is 16.8 Å². The Morgan fingerprint density at radius 3 is 2.77 bits per heavy atom. The Labute approximate surface area is 135 Å². The first-order valence-electron chi connectivity index (χ1n) is 7.47. The lowest BCUT2D eigenvalue weighted by molar-refractivity contribution is 0.748. The smallest absolute Gasteiger partial charge is 0.165 e. The van der Waals surface area contributed by atoms with Gasteiger partial charge in [0.05, 0.1) is 6.20 Å². The van der Waals surface area contributed by atoms with E-state index in [0.717, 1.165) is 34.7 Å². The molecule has 2 heterocycles. The van der Waals surface area contributed by atoms with Crippen LogP contribution in [-0.4, -0.2) is 20.6 Å². The van der Waals surface area contributed by atoms with Crippen LogP contribution in [0.2, 0.25) is 5.02 Å². The Morgan fingerprint density at radius 2 is 2.05 bits per heavy atom. The minimum Gasteiger partial charge on any atom is -0.367 e. The lowest BCUT2D eigenvalue weighted by Gasteiger charge is -2.14. The Kier molecular flexibility index (Phi) is 4.03. The van der Waals surface area contributed by atoms with E-state index in [0.29, 0.717) is 11.1 Å². The molecule has 4 nitrogen and oxygen atoms in total. The highest BCUT2D eigenvalue weighted by Gasteiger charge is 2.14. The summed E-state index contributed by atoms with van der Waals surface area (Å²) in [4.78, 5) is 4.65. The second kappa shape index (κ2) is 5.97. The lowest BCUT2D eigenvalue weighted by Crippen LogP contribution is -2.16. The molecule has 0 saturated heterocycles. The maximum Gasteiger partial charge on any atom is 0.165 e. The maximum atomic E-state index is 6.32. The fraction of sp³-hybridized carbons (Fsp3) is 0.294. The minimum atomic E-state index is 0.373. The summed E-state index contributed by atoms with van der Waals surface area (Å²) in [5, 5.41) is 8.69. The summed E-state index contributed by atoms with van der Waals surface area (Å²) in [5.74, 6) is 0.954. The quantitative estimate of drug-likeness (QED) is 0.767. The predicted octanol–water partition coefficient (Wildman–Crippen LogP) is 4.57. The lowest BCUT2D eigenvalue weighted by atomic mass is 10.1. The van der Waals surface area contributed by atoms with Gasteiger partial charge < -0.3 is 5.32 Å². The number of rotatable bonds is 4. The summed E-state index contributed by atoms with van der Waals surface area (Å²) in [5.41, 5.74) is 3.67. The molecular formula is C17H19ClN4. The summed E-state index contributed by atoms with van der Waals surface area (Å²) in [6.07, 6.45) is 2.87. The van der Waals surface area contributed by atoms with Crippen molar-refractivity contribution in [2.24, 2.45) is 0 Å². The summed E-state index contributed by atoms with van der Waals surface area (Å²) >= 11 is 6.32. The van der Waals surface area contributed by atoms with Crippen molar-refractivity contribution in [2.45, 2.75) is 33.2 Å². The van der Waals surface area contributed by atoms with Gasteiger partial charge in [0.2, 0.25) is 0 Å². The largest absolute Gasteiger partial charge is 0.367 e. The van der Waals surface area contributed by atoms with Crippen molar-refractivity contribution in [3.8, 4) is 11.1 Å². The molecule has 0 spiro atoms. The van der Waals surface area contributed by atoms with Gasteiger partial charge in [-0.05, 0) is 26.3 Å². The number of hydrogen-bond acceptors (Lipinski definition) is 3. The van der Waals surface area contributed by atoms with Gasteiger partial charge in [0, 0.05) is 34.0 Å². The molecule has 0 aliphatic heterocycles. The monoisotopic (exact) mass is 314 g/mol. The fourth-order valence-corrected chi connectivity index (χ4v) is 2.65. The van der Waals surface area contributed by atoms with E-state index >= 15 is 0 Å². The zero-order chi connectivity index (χ0) is 15.7. The maximum absolute atomic E-state index is 6.32. The zero-order valence-corrected chi connectivity index (χ0v) is 13.7. The van der Waals surface area contributed by atoms with E-state index in [4.69, 9.17) is 11.6 Å². The molecule has 1 N–H and O–H groups in total. The molecule has 22 heavy (non-hydrogen) atoms. The molecule has 114 valence electrons. The van der Waals surface area contributed by atoms with Crippen molar-refractivity contribution in [2.75, 3.05) is 5.32 Å². The first kappa shape index (κ1) is 14.9. The van der Waals surface area contributed by atoms with Crippen LogP contribution >= 0.6 is 11.6 Å². The summed E-state index contributed by atoms with van der Waals surface area (Å²) in [6.45, 7) is 6.30. The first-order valence-corrected chi connectivity index (χ1v) is 7.84. The second-order valence-corrected chi connectivity index (χ2v) is 5.92. The van der Waals surface area contributed by atoms with Crippen molar-refractivity contribution in [1.29, 1.82) is 0 Å². The first-order chi connectivity index (χ1) is 10.6. The molecule has 1 aromatic carbocycles. The van der Waals surface area contributed by atoms with Gasteiger partial charge in [0.1, 0.15) is 5.82 Å².